The second kappa shape index (κ2) is 10.8. The Labute approximate surface area is 216 Å². The summed E-state index contributed by atoms with van der Waals surface area (Å²) in [7, 11) is 0. The average Bonchev–Trinajstić information content (AvgIpc) is 3.35. The maximum absolute atomic E-state index is 12.5. The van der Waals surface area contributed by atoms with E-state index in [0.29, 0.717) is 47.3 Å². The van der Waals surface area contributed by atoms with Crippen molar-refractivity contribution in [2.24, 2.45) is 11.8 Å². The van der Waals surface area contributed by atoms with Gasteiger partial charge in [0, 0.05) is 22.7 Å². The smallest absolute Gasteiger partial charge is 0.262 e. The van der Waals surface area contributed by atoms with E-state index in [1.165, 1.54) is 5.56 Å². The van der Waals surface area contributed by atoms with Gasteiger partial charge in [0.15, 0.2) is 18.1 Å². The van der Waals surface area contributed by atoms with Crippen LogP contribution in [0.5, 0.6) is 17.2 Å². The van der Waals surface area contributed by atoms with Crippen LogP contribution in [-0.4, -0.2) is 25.9 Å². The topological polar surface area (TPSA) is 66.0 Å². The Morgan fingerprint density at radius 1 is 1.03 bits per heavy atom. The van der Waals surface area contributed by atoms with E-state index in [9.17, 15) is 4.79 Å². The number of ether oxygens (including phenoxy) is 4. The molecule has 188 valence electrons. The quantitative estimate of drug-likeness (QED) is 0.390. The minimum Gasteiger partial charge on any atom is -0.484 e. The minimum atomic E-state index is -0.252. The molecule has 3 aromatic carbocycles. The highest BCUT2D eigenvalue weighted by Crippen LogP contribution is 2.44. The van der Waals surface area contributed by atoms with Crippen LogP contribution in [0.15, 0.2) is 66.7 Å². The molecule has 3 atom stereocenters. The maximum atomic E-state index is 12.5. The lowest BCUT2D eigenvalue weighted by Crippen LogP contribution is -2.31. The normalized spacial score (nSPS) is 20.8. The lowest BCUT2D eigenvalue weighted by atomic mass is 9.76. The number of anilines is 1. The van der Waals surface area contributed by atoms with E-state index in [2.05, 4.69) is 31.3 Å². The molecule has 0 saturated carbocycles. The Morgan fingerprint density at radius 2 is 1.83 bits per heavy atom. The molecule has 5 rings (SSSR count). The molecule has 7 heteroatoms. The fourth-order valence-electron chi connectivity index (χ4n) is 4.92. The second-order valence-electron chi connectivity index (χ2n) is 9.63. The Hall–Kier alpha value is -3.22. The van der Waals surface area contributed by atoms with Crippen molar-refractivity contribution >= 4 is 23.2 Å². The third-order valence-electron chi connectivity index (χ3n) is 6.81. The van der Waals surface area contributed by atoms with Crippen molar-refractivity contribution in [1.82, 2.24) is 0 Å². The highest BCUT2D eigenvalue weighted by molar-refractivity contribution is 6.30. The zero-order chi connectivity index (χ0) is 25.1. The number of fused-ring (bicyclic) bond motifs is 1. The van der Waals surface area contributed by atoms with Gasteiger partial charge in [-0.2, -0.15) is 0 Å². The van der Waals surface area contributed by atoms with Crippen molar-refractivity contribution < 1.29 is 23.7 Å². The highest BCUT2D eigenvalue weighted by Gasteiger charge is 2.35. The van der Waals surface area contributed by atoms with Gasteiger partial charge in [-0.05, 0) is 65.8 Å². The molecule has 1 saturated heterocycles. The SMILES string of the molecule is CC(C)[C@@H]1C[C@H](c2cccc(Cl)c2)CO[C@H]1c1cccc(OCC(=O)Nc2ccc3c(c2)OCO3)c1. The molecular formula is C29H30ClNO5. The highest BCUT2D eigenvalue weighted by atomic mass is 35.5. The molecule has 1 N–H and O–H groups in total. The molecule has 1 fully saturated rings. The number of nitrogens with one attached hydrogen (secondary N) is 1. The lowest BCUT2D eigenvalue weighted by Gasteiger charge is -2.39. The summed E-state index contributed by atoms with van der Waals surface area (Å²) in [4.78, 5) is 12.5. The van der Waals surface area contributed by atoms with Gasteiger partial charge in [-0.1, -0.05) is 49.7 Å². The van der Waals surface area contributed by atoms with Crippen LogP contribution in [0.4, 0.5) is 5.69 Å². The number of halogens is 1. The van der Waals surface area contributed by atoms with Crippen molar-refractivity contribution in [3.8, 4) is 17.2 Å². The zero-order valence-electron chi connectivity index (χ0n) is 20.4. The van der Waals surface area contributed by atoms with E-state index in [0.717, 1.165) is 17.0 Å². The lowest BCUT2D eigenvalue weighted by molar-refractivity contribution is -0.118. The fraction of sp³-hybridized carbons (Fsp3) is 0.345. The molecule has 2 heterocycles. The summed E-state index contributed by atoms with van der Waals surface area (Å²) in [5.74, 6) is 2.76. The third kappa shape index (κ3) is 5.61. The molecule has 0 radical (unpaired) electrons. The van der Waals surface area contributed by atoms with Crippen LogP contribution in [0.25, 0.3) is 0 Å². The third-order valence-corrected chi connectivity index (χ3v) is 7.05. The van der Waals surface area contributed by atoms with Gasteiger partial charge in [-0.25, -0.2) is 0 Å². The summed E-state index contributed by atoms with van der Waals surface area (Å²) in [5, 5.41) is 3.59. The molecule has 1 amide bonds. The molecule has 2 aliphatic rings. The first-order chi connectivity index (χ1) is 17.5. The Kier molecular flexibility index (Phi) is 7.35. The monoisotopic (exact) mass is 507 g/mol. The van der Waals surface area contributed by atoms with Gasteiger partial charge < -0.3 is 24.3 Å². The molecule has 0 aromatic heterocycles. The van der Waals surface area contributed by atoms with Gasteiger partial charge in [0.05, 0.1) is 12.7 Å². The average molecular weight is 508 g/mol. The van der Waals surface area contributed by atoms with Gasteiger partial charge in [-0.3, -0.25) is 4.79 Å². The summed E-state index contributed by atoms with van der Waals surface area (Å²) >= 11 is 6.23. The molecule has 6 nitrogen and oxygen atoms in total. The van der Waals surface area contributed by atoms with Crippen LogP contribution in [0, 0.1) is 11.8 Å². The minimum absolute atomic E-state index is 0.0357. The van der Waals surface area contributed by atoms with Crippen molar-refractivity contribution in [2.45, 2.75) is 32.3 Å². The first-order valence-electron chi connectivity index (χ1n) is 12.3. The molecule has 3 aromatic rings. The predicted octanol–water partition coefficient (Wildman–Crippen LogP) is 6.60. The number of carbonyl (C=O) groups is 1. The molecule has 0 aliphatic carbocycles. The van der Waals surface area contributed by atoms with E-state index in [1.807, 2.05) is 36.4 Å². The number of carbonyl (C=O) groups excluding carboxylic acids is 1. The molecular weight excluding hydrogens is 478 g/mol. The van der Waals surface area contributed by atoms with E-state index >= 15 is 0 Å². The number of hydrogen-bond donors (Lipinski definition) is 1. The molecule has 2 aliphatic heterocycles. The van der Waals surface area contributed by atoms with Crippen LogP contribution in [0.3, 0.4) is 0 Å². The van der Waals surface area contributed by atoms with Gasteiger partial charge in [0.1, 0.15) is 5.75 Å². The van der Waals surface area contributed by atoms with Crippen LogP contribution >= 0.6 is 11.6 Å². The van der Waals surface area contributed by atoms with E-state index < -0.39 is 0 Å². The van der Waals surface area contributed by atoms with Crippen LogP contribution in [0.2, 0.25) is 5.02 Å². The standard InChI is InChI=1S/C29H30ClNO5/c1-18(2)25-13-21(19-5-3-7-22(30)11-19)15-34-29(25)20-6-4-8-24(12-20)33-16-28(32)31-23-9-10-26-27(14-23)36-17-35-26/h3-12,14,18,21,25,29H,13,15-17H2,1-2H3,(H,31,32)/t21-,25-,29-/m0/s1. The molecule has 0 unspecified atom stereocenters. The molecule has 36 heavy (non-hydrogen) atoms. The van der Waals surface area contributed by atoms with Crippen molar-refractivity contribution in [1.29, 1.82) is 0 Å². The van der Waals surface area contributed by atoms with Gasteiger partial charge in [0.2, 0.25) is 6.79 Å². The number of amides is 1. The van der Waals surface area contributed by atoms with Crippen molar-refractivity contribution in [3.63, 3.8) is 0 Å². The summed E-state index contributed by atoms with van der Waals surface area (Å²) in [6.07, 6.45) is 0.984. The van der Waals surface area contributed by atoms with E-state index in [1.54, 1.807) is 18.2 Å². The number of rotatable bonds is 7. The summed E-state index contributed by atoms with van der Waals surface area (Å²) in [6.45, 7) is 5.20. The van der Waals surface area contributed by atoms with Gasteiger partial charge in [0.25, 0.3) is 5.91 Å². The fourth-order valence-corrected chi connectivity index (χ4v) is 5.12. The largest absolute Gasteiger partial charge is 0.484 e. The number of benzene rings is 3. The van der Waals surface area contributed by atoms with Gasteiger partial charge >= 0.3 is 0 Å². The van der Waals surface area contributed by atoms with Gasteiger partial charge in [-0.15, -0.1) is 0 Å². The first-order valence-corrected chi connectivity index (χ1v) is 12.6. The number of hydrogen-bond acceptors (Lipinski definition) is 5. The molecule has 0 bridgehead atoms. The zero-order valence-corrected chi connectivity index (χ0v) is 21.2. The summed E-state index contributed by atoms with van der Waals surface area (Å²) in [5.41, 5.74) is 2.91. The Balaban J connectivity index is 1.22. The van der Waals surface area contributed by atoms with Crippen molar-refractivity contribution in [2.75, 3.05) is 25.3 Å². The van der Waals surface area contributed by atoms with Crippen LogP contribution in [-0.2, 0) is 9.53 Å². The second-order valence-corrected chi connectivity index (χ2v) is 10.1. The van der Waals surface area contributed by atoms with Crippen LogP contribution < -0.4 is 19.5 Å². The van der Waals surface area contributed by atoms with Crippen LogP contribution in [0.1, 0.15) is 43.4 Å². The first kappa shape index (κ1) is 24.5. The molecule has 0 spiro atoms. The summed E-state index contributed by atoms with van der Waals surface area (Å²) in [6, 6.07) is 21.2. The summed E-state index contributed by atoms with van der Waals surface area (Å²) < 4.78 is 22.9. The van der Waals surface area contributed by atoms with Crippen molar-refractivity contribution in [3.05, 3.63) is 82.9 Å². The van der Waals surface area contributed by atoms with E-state index in [-0.39, 0.29) is 25.4 Å². The Morgan fingerprint density at radius 3 is 2.67 bits per heavy atom. The maximum Gasteiger partial charge on any atom is 0.262 e. The predicted molar refractivity (Wildman–Crippen MR) is 139 cm³/mol. The van der Waals surface area contributed by atoms with E-state index in [4.69, 9.17) is 30.5 Å². The Bertz CT molecular complexity index is 1230.